The van der Waals surface area contributed by atoms with E-state index in [0.717, 1.165) is 31.1 Å². The number of hydrogen-bond acceptors (Lipinski definition) is 2. The number of rotatable bonds is 3. The summed E-state index contributed by atoms with van der Waals surface area (Å²) in [6.07, 6.45) is 7.34. The van der Waals surface area contributed by atoms with Gasteiger partial charge in [0, 0.05) is 19.6 Å². The average molecular weight is 327 g/mol. The Bertz CT molecular complexity index is 623. The molecule has 0 aromatic heterocycles. The van der Waals surface area contributed by atoms with E-state index in [9.17, 15) is 4.79 Å². The second kappa shape index (κ2) is 5.48. The summed E-state index contributed by atoms with van der Waals surface area (Å²) in [4.78, 5) is 12.4. The first-order valence-corrected chi connectivity index (χ1v) is 9.21. The Hall–Kier alpha value is -1.55. The number of aryl methyl sites for hydroxylation is 1. The molecule has 4 aliphatic rings. The van der Waals surface area contributed by atoms with Crippen LogP contribution >= 0.6 is 0 Å². The van der Waals surface area contributed by atoms with Crippen LogP contribution in [0.5, 0.6) is 0 Å². The zero-order chi connectivity index (χ0) is 16.9. The van der Waals surface area contributed by atoms with Crippen LogP contribution in [-0.4, -0.2) is 30.7 Å². The fourth-order valence-corrected chi connectivity index (χ4v) is 6.13. The van der Waals surface area contributed by atoms with Gasteiger partial charge in [0.05, 0.1) is 0 Å². The number of urea groups is 1. The van der Waals surface area contributed by atoms with E-state index in [1.807, 2.05) is 14.1 Å². The lowest BCUT2D eigenvalue weighted by Crippen LogP contribution is -2.66. The third kappa shape index (κ3) is 2.71. The van der Waals surface area contributed by atoms with Crippen LogP contribution in [0.25, 0.3) is 0 Å². The quantitative estimate of drug-likeness (QED) is 0.836. The van der Waals surface area contributed by atoms with Crippen LogP contribution < -0.4 is 10.7 Å². The SMILES string of the molecule is Cc1ccc(C23CC4CC(CC(NC(=O)NN(C)C)(C4)C2)C3)cc1. The third-order valence-corrected chi connectivity index (χ3v) is 6.43. The maximum Gasteiger partial charge on any atom is 0.329 e. The van der Waals surface area contributed by atoms with Gasteiger partial charge in [0.2, 0.25) is 0 Å². The molecular weight excluding hydrogens is 298 g/mol. The van der Waals surface area contributed by atoms with Crippen molar-refractivity contribution in [2.45, 2.75) is 56.4 Å². The lowest BCUT2D eigenvalue weighted by atomic mass is 9.45. The molecule has 5 rings (SSSR count). The van der Waals surface area contributed by atoms with Crippen molar-refractivity contribution < 1.29 is 4.79 Å². The highest BCUT2D eigenvalue weighted by atomic mass is 16.2. The van der Waals surface area contributed by atoms with Crippen LogP contribution in [0.2, 0.25) is 0 Å². The molecule has 4 heteroatoms. The first kappa shape index (κ1) is 15.9. The van der Waals surface area contributed by atoms with Crippen molar-refractivity contribution in [3.8, 4) is 0 Å². The van der Waals surface area contributed by atoms with Gasteiger partial charge in [-0.2, -0.15) is 0 Å². The first-order valence-electron chi connectivity index (χ1n) is 9.21. The monoisotopic (exact) mass is 327 g/mol. The highest BCUT2D eigenvalue weighted by Gasteiger charge is 2.58. The number of benzene rings is 1. The molecule has 1 aromatic carbocycles. The van der Waals surface area contributed by atoms with E-state index in [2.05, 4.69) is 41.9 Å². The molecule has 1 aromatic rings. The Morgan fingerprint density at radius 2 is 1.71 bits per heavy atom. The number of carbonyl (C=O) groups is 1. The van der Waals surface area contributed by atoms with Crippen LogP contribution in [-0.2, 0) is 5.41 Å². The fourth-order valence-electron chi connectivity index (χ4n) is 6.13. The maximum atomic E-state index is 12.4. The second-order valence-electron chi connectivity index (χ2n) is 8.85. The molecule has 0 radical (unpaired) electrons. The number of carbonyl (C=O) groups excluding carboxylic acids is 1. The Kier molecular flexibility index (Phi) is 3.64. The summed E-state index contributed by atoms with van der Waals surface area (Å²) in [6, 6.07) is 9.09. The molecule has 0 heterocycles. The summed E-state index contributed by atoms with van der Waals surface area (Å²) in [5, 5.41) is 5.08. The highest BCUT2D eigenvalue weighted by molar-refractivity contribution is 5.74. The van der Waals surface area contributed by atoms with E-state index < -0.39 is 0 Å². The van der Waals surface area contributed by atoms with Crippen molar-refractivity contribution in [3.63, 3.8) is 0 Å². The van der Waals surface area contributed by atoms with Crippen molar-refractivity contribution in [1.29, 1.82) is 0 Å². The van der Waals surface area contributed by atoms with Crippen LogP contribution in [0, 0.1) is 18.8 Å². The Balaban J connectivity index is 1.62. The molecule has 4 fully saturated rings. The van der Waals surface area contributed by atoms with E-state index in [1.165, 1.54) is 30.4 Å². The standard InChI is InChI=1S/C20H29N3O/c1-14-4-6-17(7-5-14)19-9-15-8-16(10-19)12-20(11-15,13-19)21-18(24)22-23(2)3/h4-7,15-16H,8-13H2,1-3H3,(H2,21,22,24). The van der Waals surface area contributed by atoms with Crippen LogP contribution in [0.4, 0.5) is 4.79 Å². The summed E-state index contributed by atoms with van der Waals surface area (Å²) in [5.41, 5.74) is 5.92. The predicted octanol–water partition coefficient (Wildman–Crippen LogP) is 3.36. The third-order valence-electron chi connectivity index (χ3n) is 6.43. The zero-order valence-electron chi connectivity index (χ0n) is 15.1. The summed E-state index contributed by atoms with van der Waals surface area (Å²) in [6.45, 7) is 2.15. The molecule has 4 saturated carbocycles. The van der Waals surface area contributed by atoms with Crippen molar-refractivity contribution in [1.82, 2.24) is 15.8 Å². The fraction of sp³-hybridized carbons (Fsp3) is 0.650. The summed E-state index contributed by atoms with van der Waals surface area (Å²) in [7, 11) is 3.71. The van der Waals surface area contributed by atoms with E-state index in [0.29, 0.717) is 0 Å². The van der Waals surface area contributed by atoms with Crippen molar-refractivity contribution >= 4 is 6.03 Å². The molecule has 4 nitrogen and oxygen atoms in total. The Morgan fingerprint density at radius 1 is 1.08 bits per heavy atom. The molecule has 4 bridgehead atoms. The van der Waals surface area contributed by atoms with Gasteiger partial charge in [0.15, 0.2) is 0 Å². The average Bonchev–Trinajstić information content (AvgIpc) is 2.44. The molecular formula is C20H29N3O. The van der Waals surface area contributed by atoms with E-state index >= 15 is 0 Å². The molecule has 0 saturated heterocycles. The minimum absolute atomic E-state index is 0.0188. The van der Waals surface area contributed by atoms with Crippen LogP contribution in [0.15, 0.2) is 24.3 Å². The van der Waals surface area contributed by atoms with Crippen molar-refractivity contribution in [3.05, 3.63) is 35.4 Å². The number of nitrogens with zero attached hydrogens (tertiary/aromatic N) is 1. The van der Waals surface area contributed by atoms with Gasteiger partial charge in [0.1, 0.15) is 0 Å². The molecule has 2 N–H and O–H groups in total. The summed E-state index contributed by atoms with van der Waals surface area (Å²) in [5.74, 6) is 1.51. The predicted molar refractivity (Wildman–Crippen MR) is 95.6 cm³/mol. The topological polar surface area (TPSA) is 44.4 Å². The van der Waals surface area contributed by atoms with Gasteiger partial charge in [-0.15, -0.1) is 0 Å². The minimum Gasteiger partial charge on any atom is -0.332 e. The number of hydrogen-bond donors (Lipinski definition) is 2. The van der Waals surface area contributed by atoms with Gasteiger partial charge in [-0.3, -0.25) is 5.43 Å². The van der Waals surface area contributed by atoms with Crippen molar-refractivity contribution in [2.75, 3.05) is 14.1 Å². The lowest BCUT2D eigenvalue weighted by Gasteiger charge is -2.62. The van der Waals surface area contributed by atoms with Gasteiger partial charge < -0.3 is 5.32 Å². The van der Waals surface area contributed by atoms with Gasteiger partial charge in [-0.05, 0) is 68.3 Å². The van der Waals surface area contributed by atoms with E-state index in [1.54, 1.807) is 5.01 Å². The smallest absolute Gasteiger partial charge is 0.329 e. The van der Waals surface area contributed by atoms with Gasteiger partial charge in [0.25, 0.3) is 0 Å². The van der Waals surface area contributed by atoms with Gasteiger partial charge in [-0.1, -0.05) is 29.8 Å². The largest absolute Gasteiger partial charge is 0.332 e. The van der Waals surface area contributed by atoms with Crippen LogP contribution in [0.3, 0.4) is 0 Å². The zero-order valence-corrected chi connectivity index (χ0v) is 15.1. The second-order valence-corrected chi connectivity index (χ2v) is 8.85. The number of nitrogens with one attached hydrogen (secondary N) is 2. The molecule has 2 amide bonds. The number of hydrazine groups is 1. The lowest BCUT2D eigenvalue weighted by molar-refractivity contribution is -0.0356. The highest BCUT2D eigenvalue weighted by Crippen LogP contribution is 2.62. The molecule has 2 unspecified atom stereocenters. The Labute approximate surface area is 145 Å². The maximum absolute atomic E-state index is 12.4. The minimum atomic E-state index is -0.0546. The molecule has 0 spiro atoms. The first-order chi connectivity index (χ1) is 11.4. The van der Waals surface area contributed by atoms with E-state index in [4.69, 9.17) is 0 Å². The molecule has 2 atom stereocenters. The summed E-state index contributed by atoms with van der Waals surface area (Å²) < 4.78 is 0. The van der Waals surface area contributed by atoms with Crippen LogP contribution in [0.1, 0.15) is 49.7 Å². The van der Waals surface area contributed by atoms with Gasteiger partial charge in [-0.25, -0.2) is 9.80 Å². The summed E-state index contributed by atoms with van der Waals surface area (Å²) >= 11 is 0. The molecule has 0 aliphatic heterocycles. The Morgan fingerprint density at radius 3 is 2.29 bits per heavy atom. The normalized spacial score (nSPS) is 36.8. The molecule has 130 valence electrons. The van der Waals surface area contributed by atoms with Gasteiger partial charge >= 0.3 is 6.03 Å². The molecule has 24 heavy (non-hydrogen) atoms. The van der Waals surface area contributed by atoms with E-state index in [-0.39, 0.29) is 17.0 Å². The number of amides is 2. The molecule has 4 aliphatic carbocycles. The van der Waals surface area contributed by atoms with Crippen molar-refractivity contribution in [2.24, 2.45) is 11.8 Å².